The van der Waals surface area contributed by atoms with E-state index < -0.39 is 10.0 Å². The van der Waals surface area contributed by atoms with Gasteiger partial charge in [0, 0.05) is 16.5 Å². The summed E-state index contributed by atoms with van der Waals surface area (Å²) in [6.07, 6.45) is 1.71. The molecule has 0 aliphatic heterocycles. The van der Waals surface area contributed by atoms with E-state index in [1.165, 1.54) is 11.3 Å². The first-order chi connectivity index (χ1) is 12.1. The molecule has 0 aliphatic rings. The Kier molecular flexibility index (Phi) is 5.34. The lowest BCUT2D eigenvalue weighted by molar-refractivity contribution is 0.374. The van der Waals surface area contributed by atoms with Crippen LogP contribution in [0.3, 0.4) is 0 Å². The third-order valence-corrected chi connectivity index (χ3v) is 6.25. The molecule has 2 aromatic heterocycles. The molecule has 0 spiro atoms. The van der Waals surface area contributed by atoms with Crippen LogP contribution < -0.4 is 9.46 Å². The van der Waals surface area contributed by atoms with Crippen molar-refractivity contribution in [3.63, 3.8) is 0 Å². The number of benzene rings is 1. The molecule has 0 atom stereocenters. The molecule has 25 heavy (non-hydrogen) atoms. The maximum atomic E-state index is 12.0. The number of para-hydroxylation sites is 1. The number of hydrogen-bond donors (Lipinski definition) is 1. The van der Waals surface area contributed by atoms with Crippen molar-refractivity contribution < 1.29 is 13.2 Å². The summed E-state index contributed by atoms with van der Waals surface area (Å²) in [5.41, 5.74) is 0.778. The van der Waals surface area contributed by atoms with Crippen molar-refractivity contribution >= 4 is 32.3 Å². The number of rotatable bonds is 5. The summed E-state index contributed by atoms with van der Waals surface area (Å²) >= 11 is 1.23. The Bertz CT molecular complexity index is 1040. The summed E-state index contributed by atoms with van der Waals surface area (Å²) in [5.74, 6) is 6.21. The normalized spacial score (nSPS) is 11.1. The first-order valence-corrected chi connectivity index (χ1v) is 9.84. The van der Waals surface area contributed by atoms with Crippen molar-refractivity contribution in [2.24, 2.45) is 0 Å². The van der Waals surface area contributed by atoms with Gasteiger partial charge in [0.2, 0.25) is 0 Å². The Morgan fingerprint density at radius 1 is 1.16 bits per heavy atom. The third kappa shape index (κ3) is 4.37. The van der Waals surface area contributed by atoms with E-state index in [2.05, 4.69) is 21.5 Å². The van der Waals surface area contributed by atoms with Crippen molar-refractivity contribution in [3.8, 4) is 17.6 Å². The van der Waals surface area contributed by atoms with Gasteiger partial charge in [0.1, 0.15) is 22.1 Å². The molecule has 5 nitrogen and oxygen atoms in total. The summed E-state index contributed by atoms with van der Waals surface area (Å²) in [4.78, 5) is 5.25. The average Bonchev–Trinajstić information content (AvgIpc) is 3.05. The first kappa shape index (κ1) is 17.4. The number of nitrogens with zero attached hydrogens (tertiary/aromatic N) is 1. The number of fused-ring (bicyclic) bond motifs is 1. The van der Waals surface area contributed by atoms with Crippen LogP contribution in [0.1, 0.15) is 4.88 Å². The largest absolute Gasteiger partial charge is 0.479 e. The minimum absolute atomic E-state index is 0.0381. The molecule has 3 rings (SSSR count). The molecule has 128 valence electrons. The smallest absolute Gasteiger partial charge is 0.250 e. The second-order valence-electron chi connectivity index (χ2n) is 5.16. The van der Waals surface area contributed by atoms with Gasteiger partial charge in [0.15, 0.2) is 0 Å². The van der Waals surface area contributed by atoms with E-state index in [-0.39, 0.29) is 13.2 Å². The highest BCUT2D eigenvalue weighted by Gasteiger charge is 2.14. The third-order valence-electron chi connectivity index (χ3n) is 3.35. The first-order valence-electron chi connectivity index (χ1n) is 7.55. The molecule has 0 radical (unpaired) electrons. The number of aryl methyl sites for hydroxylation is 1. The molecule has 0 saturated carbocycles. The molecule has 1 aromatic carbocycles. The van der Waals surface area contributed by atoms with Crippen LogP contribution in [-0.4, -0.2) is 26.6 Å². The number of sulfonamides is 1. The fourth-order valence-corrected chi connectivity index (χ4v) is 4.43. The summed E-state index contributed by atoms with van der Waals surface area (Å²) in [6.45, 7) is 2.06. The highest BCUT2D eigenvalue weighted by molar-refractivity contribution is 7.91. The lowest BCUT2D eigenvalue weighted by atomic mass is 10.2. The molecular weight excluding hydrogens is 356 g/mol. The van der Waals surface area contributed by atoms with Gasteiger partial charge in [-0.25, -0.2) is 8.42 Å². The van der Waals surface area contributed by atoms with E-state index in [1.807, 2.05) is 37.3 Å². The number of pyridine rings is 1. The van der Waals surface area contributed by atoms with Gasteiger partial charge in [0.05, 0.1) is 6.54 Å². The maximum absolute atomic E-state index is 12.0. The average molecular weight is 372 g/mol. The van der Waals surface area contributed by atoms with E-state index in [0.717, 1.165) is 15.8 Å². The molecule has 2 heterocycles. The van der Waals surface area contributed by atoms with Crippen molar-refractivity contribution in [2.45, 2.75) is 11.1 Å². The Hall–Kier alpha value is -2.40. The van der Waals surface area contributed by atoms with Crippen LogP contribution in [0.25, 0.3) is 10.9 Å². The van der Waals surface area contributed by atoms with Gasteiger partial charge in [-0.2, -0.15) is 4.72 Å². The SMILES string of the molecule is Cc1ccc(S(=O)(=O)NCC#CCOc2cccc3cccnc23)s1. The second kappa shape index (κ2) is 7.66. The number of hydrogen-bond acceptors (Lipinski definition) is 5. The van der Waals surface area contributed by atoms with Crippen LogP contribution in [0, 0.1) is 18.8 Å². The Balaban J connectivity index is 1.55. The summed E-state index contributed by atoms with van der Waals surface area (Å²) < 4.78 is 32.5. The zero-order chi connectivity index (χ0) is 17.7. The van der Waals surface area contributed by atoms with Crippen molar-refractivity contribution in [1.29, 1.82) is 0 Å². The van der Waals surface area contributed by atoms with E-state index in [1.54, 1.807) is 18.3 Å². The topological polar surface area (TPSA) is 68.3 Å². The van der Waals surface area contributed by atoms with Crippen LogP contribution in [0.2, 0.25) is 0 Å². The van der Waals surface area contributed by atoms with Crippen LogP contribution in [-0.2, 0) is 10.0 Å². The van der Waals surface area contributed by atoms with Crippen LogP contribution in [0.5, 0.6) is 5.75 Å². The summed E-state index contributed by atoms with van der Waals surface area (Å²) in [6, 6.07) is 12.9. The highest BCUT2D eigenvalue weighted by atomic mass is 32.2. The van der Waals surface area contributed by atoms with E-state index >= 15 is 0 Å². The predicted octanol–water partition coefficient (Wildman–Crippen LogP) is 2.97. The minimum atomic E-state index is -3.49. The molecule has 0 amide bonds. The monoisotopic (exact) mass is 372 g/mol. The highest BCUT2D eigenvalue weighted by Crippen LogP contribution is 2.22. The molecular formula is C18H16N2O3S2. The van der Waals surface area contributed by atoms with Crippen LogP contribution >= 0.6 is 11.3 Å². The van der Waals surface area contributed by atoms with E-state index in [9.17, 15) is 8.42 Å². The number of nitrogens with one attached hydrogen (secondary N) is 1. The Morgan fingerprint density at radius 2 is 2.00 bits per heavy atom. The van der Waals surface area contributed by atoms with Gasteiger partial charge in [-0.3, -0.25) is 4.98 Å². The van der Waals surface area contributed by atoms with Crippen molar-refractivity contribution in [3.05, 3.63) is 53.5 Å². The van der Waals surface area contributed by atoms with Gasteiger partial charge < -0.3 is 4.74 Å². The lowest BCUT2D eigenvalue weighted by Gasteiger charge is -2.05. The molecule has 3 aromatic rings. The molecule has 0 bridgehead atoms. The van der Waals surface area contributed by atoms with Gasteiger partial charge in [-0.15, -0.1) is 11.3 Å². The van der Waals surface area contributed by atoms with Gasteiger partial charge in [-0.1, -0.05) is 30.0 Å². The van der Waals surface area contributed by atoms with Crippen molar-refractivity contribution in [1.82, 2.24) is 9.71 Å². The van der Waals surface area contributed by atoms with Gasteiger partial charge in [-0.05, 0) is 31.2 Å². The molecule has 0 saturated heterocycles. The fraction of sp³-hybridized carbons (Fsp3) is 0.167. The molecule has 7 heteroatoms. The summed E-state index contributed by atoms with van der Waals surface area (Å²) in [5, 5.41) is 0.993. The zero-order valence-electron chi connectivity index (χ0n) is 13.5. The van der Waals surface area contributed by atoms with Crippen molar-refractivity contribution in [2.75, 3.05) is 13.2 Å². The fourth-order valence-electron chi connectivity index (χ4n) is 2.18. The molecule has 0 fully saturated rings. The van der Waals surface area contributed by atoms with Crippen LogP contribution in [0.4, 0.5) is 0 Å². The maximum Gasteiger partial charge on any atom is 0.250 e. The Morgan fingerprint density at radius 3 is 2.80 bits per heavy atom. The predicted molar refractivity (Wildman–Crippen MR) is 99.3 cm³/mol. The molecule has 1 N–H and O–H groups in total. The molecule has 0 aliphatic carbocycles. The summed E-state index contributed by atoms with van der Waals surface area (Å²) in [7, 11) is -3.49. The minimum Gasteiger partial charge on any atom is -0.479 e. The Labute approximate surface area is 150 Å². The van der Waals surface area contributed by atoms with Gasteiger partial charge in [0.25, 0.3) is 10.0 Å². The number of ether oxygens (including phenoxy) is 1. The van der Waals surface area contributed by atoms with Crippen LogP contribution in [0.15, 0.2) is 52.9 Å². The quantitative estimate of drug-likeness (QED) is 0.699. The standard InChI is InChI=1S/C18H16N2O3S2/c1-14-9-10-17(24-14)25(21,22)20-12-2-3-13-23-16-8-4-6-15-7-5-11-19-18(15)16/h4-11,20H,12-13H2,1H3. The van der Waals surface area contributed by atoms with E-state index in [4.69, 9.17) is 4.74 Å². The second-order valence-corrected chi connectivity index (χ2v) is 8.44. The number of thiophene rings is 1. The van der Waals surface area contributed by atoms with E-state index in [0.29, 0.717) is 9.96 Å². The lowest BCUT2D eigenvalue weighted by Crippen LogP contribution is -2.23. The number of aromatic nitrogens is 1. The van der Waals surface area contributed by atoms with Gasteiger partial charge >= 0.3 is 0 Å². The zero-order valence-corrected chi connectivity index (χ0v) is 15.2. The molecule has 0 unspecified atom stereocenters.